The molecule has 1 amide bonds. The number of hydrogen-bond acceptors (Lipinski definition) is 4. The van der Waals surface area contributed by atoms with Gasteiger partial charge in [0, 0.05) is 42.8 Å². The summed E-state index contributed by atoms with van der Waals surface area (Å²) in [6.45, 7) is 6.75. The van der Waals surface area contributed by atoms with Gasteiger partial charge in [0.1, 0.15) is 22.8 Å². The lowest BCUT2D eigenvalue weighted by Crippen LogP contribution is -2.20. The molecule has 7 heteroatoms. The van der Waals surface area contributed by atoms with Crippen LogP contribution in [0.1, 0.15) is 36.2 Å². The van der Waals surface area contributed by atoms with Crippen molar-refractivity contribution in [3.05, 3.63) is 45.7 Å². The van der Waals surface area contributed by atoms with Crippen LogP contribution >= 0.6 is 11.6 Å². The Hall–Kier alpha value is -2.47. The molecule has 27 heavy (non-hydrogen) atoms. The molecule has 2 aromatic rings. The minimum atomic E-state index is -0.216. The van der Waals surface area contributed by atoms with Crippen LogP contribution < -0.4 is 14.8 Å². The van der Waals surface area contributed by atoms with Gasteiger partial charge in [-0.25, -0.2) is 0 Å². The lowest BCUT2D eigenvalue weighted by atomic mass is 10.1. The molecule has 1 unspecified atom stereocenters. The molecule has 1 aromatic heterocycles. The number of aromatic nitrogens is 2. The Morgan fingerprint density at radius 1 is 1.52 bits per heavy atom. The second-order valence-electron chi connectivity index (χ2n) is 6.60. The molecular weight excluding hydrogens is 366 g/mol. The Balaban J connectivity index is 1.70. The van der Waals surface area contributed by atoms with Crippen LogP contribution in [-0.2, 0) is 24.8 Å². The first-order valence-corrected chi connectivity index (χ1v) is 9.37. The first kappa shape index (κ1) is 19.3. The van der Waals surface area contributed by atoms with E-state index in [1.165, 1.54) is 6.08 Å². The number of amides is 1. The standard InChI is InChI=1S/C20H24ClN3O3/c1-5-26-17-9-14-8-12(2)27-18(14)10-15(17)11-22-19(25)7-6-16-13(3)23-24(4)20(16)21/h6-7,9-10,12H,5,8,11H2,1-4H3,(H,22,25)/b7-6+. The Bertz CT molecular complexity index is 889. The number of fused-ring (bicyclic) bond motifs is 1. The number of halogens is 1. The van der Waals surface area contributed by atoms with Crippen molar-refractivity contribution in [1.82, 2.24) is 15.1 Å². The van der Waals surface area contributed by atoms with E-state index in [1.54, 1.807) is 17.8 Å². The number of hydrogen-bond donors (Lipinski definition) is 1. The number of nitrogens with zero attached hydrogens (tertiary/aromatic N) is 2. The number of nitrogens with one attached hydrogen (secondary N) is 1. The van der Waals surface area contributed by atoms with Crippen molar-refractivity contribution in [3.63, 3.8) is 0 Å². The van der Waals surface area contributed by atoms with Crippen LogP contribution in [0.3, 0.4) is 0 Å². The number of carbonyl (C=O) groups is 1. The normalized spacial score (nSPS) is 15.7. The Labute approximate surface area is 164 Å². The molecule has 1 aromatic carbocycles. The molecule has 0 saturated heterocycles. The third-order valence-electron chi connectivity index (χ3n) is 4.43. The lowest BCUT2D eigenvalue weighted by Gasteiger charge is -2.13. The summed E-state index contributed by atoms with van der Waals surface area (Å²) in [7, 11) is 1.76. The number of aryl methyl sites for hydroxylation is 2. The highest BCUT2D eigenvalue weighted by Gasteiger charge is 2.22. The first-order valence-electron chi connectivity index (χ1n) is 8.99. The van der Waals surface area contributed by atoms with E-state index in [0.29, 0.717) is 18.3 Å². The second-order valence-corrected chi connectivity index (χ2v) is 6.96. The van der Waals surface area contributed by atoms with Crippen LogP contribution in [0.4, 0.5) is 0 Å². The summed E-state index contributed by atoms with van der Waals surface area (Å²) < 4.78 is 13.1. The molecule has 1 N–H and O–H groups in total. The number of rotatable bonds is 6. The van der Waals surface area contributed by atoms with Gasteiger partial charge in [-0.3, -0.25) is 9.48 Å². The lowest BCUT2D eigenvalue weighted by molar-refractivity contribution is -0.116. The molecule has 0 aliphatic carbocycles. The molecule has 0 radical (unpaired) electrons. The third kappa shape index (κ3) is 4.27. The van der Waals surface area contributed by atoms with Crippen molar-refractivity contribution in [2.24, 2.45) is 7.05 Å². The number of carbonyl (C=O) groups excluding carboxylic acids is 1. The Morgan fingerprint density at radius 3 is 2.96 bits per heavy atom. The SMILES string of the molecule is CCOc1cc2c(cc1CNC(=O)/C=C/c1c(C)nn(C)c1Cl)OC(C)C2. The Morgan fingerprint density at radius 2 is 2.30 bits per heavy atom. The summed E-state index contributed by atoms with van der Waals surface area (Å²) in [6, 6.07) is 3.97. The maximum absolute atomic E-state index is 12.2. The maximum atomic E-state index is 12.2. The fourth-order valence-electron chi connectivity index (χ4n) is 3.15. The van der Waals surface area contributed by atoms with Crippen LogP contribution in [0.5, 0.6) is 11.5 Å². The smallest absolute Gasteiger partial charge is 0.244 e. The summed E-state index contributed by atoms with van der Waals surface area (Å²) in [4.78, 5) is 12.2. The molecule has 6 nitrogen and oxygen atoms in total. The van der Waals surface area contributed by atoms with E-state index in [9.17, 15) is 4.79 Å². The largest absolute Gasteiger partial charge is 0.494 e. The molecule has 1 atom stereocenters. The summed E-state index contributed by atoms with van der Waals surface area (Å²) >= 11 is 6.18. The van der Waals surface area contributed by atoms with Crippen molar-refractivity contribution in [3.8, 4) is 11.5 Å². The van der Waals surface area contributed by atoms with Gasteiger partial charge in [0.15, 0.2) is 0 Å². The number of ether oxygens (including phenoxy) is 2. The Kier molecular flexibility index (Phi) is 5.75. The van der Waals surface area contributed by atoms with E-state index in [0.717, 1.165) is 40.3 Å². The fraction of sp³-hybridized carbons (Fsp3) is 0.400. The molecule has 3 rings (SSSR count). The molecule has 144 valence electrons. The van der Waals surface area contributed by atoms with Gasteiger partial charge in [0.25, 0.3) is 0 Å². The minimum absolute atomic E-state index is 0.162. The molecule has 0 spiro atoms. The fourth-order valence-corrected chi connectivity index (χ4v) is 3.38. The topological polar surface area (TPSA) is 65.4 Å². The molecular formula is C20H24ClN3O3. The summed E-state index contributed by atoms with van der Waals surface area (Å²) in [5, 5.41) is 7.61. The molecule has 2 heterocycles. The van der Waals surface area contributed by atoms with E-state index >= 15 is 0 Å². The monoisotopic (exact) mass is 389 g/mol. The van der Waals surface area contributed by atoms with Crippen molar-refractivity contribution < 1.29 is 14.3 Å². The van der Waals surface area contributed by atoms with Gasteiger partial charge in [0.05, 0.1) is 12.3 Å². The van der Waals surface area contributed by atoms with Gasteiger partial charge >= 0.3 is 0 Å². The van der Waals surface area contributed by atoms with Crippen LogP contribution in [0.25, 0.3) is 6.08 Å². The van der Waals surface area contributed by atoms with Gasteiger partial charge in [-0.15, -0.1) is 0 Å². The zero-order valence-corrected chi connectivity index (χ0v) is 16.8. The summed E-state index contributed by atoms with van der Waals surface area (Å²) in [5.74, 6) is 1.43. The molecule has 1 aliphatic heterocycles. The predicted octanol–water partition coefficient (Wildman–Crippen LogP) is 3.43. The van der Waals surface area contributed by atoms with Crippen LogP contribution in [0.15, 0.2) is 18.2 Å². The van der Waals surface area contributed by atoms with Crippen molar-refractivity contribution in [2.75, 3.05) is 6.61 Å². The van der Waals surface area contributed by atoms with Crippen molar-refractivity contribution in [2.45, 2.75) is 39.8 Å². The summed E-state index contributed by atoms with van der Waals surface area (Å²) in [6.07, 6.45) is 4.17. The van der Waals surface area contributed by atoms with E-state index < -0.39 is 0 Å². The molecule has 0 bridgehead atoms. The molecule has 0 fully saturated rings. The predicted molar refractivity (Wildman–Crippen MR) is 105 cm³/mol. The highest BCUT2D eigenvalue weighted by Crippen LogP contribution is 2.35. The van der Waals surface area contributed by atoms with Crippen LogP contribution in [0, 0.1) is 6.92 Å². The van der Waals surface area contributed by atoms with Gasteiger partial charge < -0.3 is 14.8 Å². The van der Waals surface area contributed by atoms with Gasteiger partial charge in [-0.1, -0.05) is 11.6 Å². The van der Waals surface area contributed by atoms with Crippen LogP contribution in [0.2, 0.25) is 5.15 Å². The van der Waals surface area contributed by atoms with E-state index in [2.05, 4.69) is 10.4 Å². The van der Waals surface area contributed by atoms with E-state index in [-0.39, 0.29) is 12.0 Å². The molecule has 0 saturated carbocycles. The summed E-state index contributed by atoms with van der Waals surface area (Å²) in [5.41, 5.74) is 3.55. The zero-order valence-electron chi connectivity index (χ0n) is 16.0. The van der Waals surface area contributed by atoms with Crippen LogP contribution in [-0.4, -0.2) is 28.4 Å². The van der Waals surface area contributed by atoms with Gasteiger partial charge in [0.2, 0.25) is 5.91 Å². The second kappa shape index (κ2) is 8.05. The highest BCUT2D eigenvalue weighted by atomic mass is 35.5. The van der Waals surface area contributed by atoms with E-state index in [4.69, 9.17) is 21.1 Å². The van der Waals surface area contributed by atoms with Crippen molar-refractivity contribution in [1.29, 1.82) is 0 Å². The highest BCUT2D eigenvalue weighted by molar-refractivity contribution is 6.31. The minimum Gasteiger partial charge on any atom is -0.494 e. The quantitative estimate of drug-likeness (QED) is 0.768. The number of benzene rings is 1. The third-order valence-corrected chi connectivity index (χ3v) is 4.88. The van der Waals surface area contributed by atoms with Crippen molar-refractivity contribution >= 4 is 23.6 Å². The molecule has 1 aliphatic rings. The van der Waals surface area contributed by atoms with E-state index in [1.807, 2.05) is 32.9 Å². The maximum Gasteiger partial charge on any atom is 0.244 e. The first-order chi connectivity index (χ1) is 12.9. The van der Waals surface area contributed by atoms with Gasteiger partial charge in [-0.2, -0.15) is 5.10 Å². The average Bonchev–Trinajstić information content (AvgIpc) is 3.09. The van der Waals surface area contributed by atoms with Gasteiger partial charge in [-0.05, 0) is 39.0 Å². The average molecular weight is 390 g/mol. The zero-order chi connectivity index (χ0) is 19.6.